The Hall–Kier alpha value is -3.09. The summed E-state index contributed by atoms with van der Waals surface area (Å²) in [5.74, 6) is 0.189. The van der Waals surface area contributed by atoms with Crippen LogP contribution in [-0.2, 0) is 12.7 Å². The summed E-state index contributed by atoms with van der Waals surface area (Å²) in [6.07, 6.45) is -2.84. The number of carbonyl (C=O) groups is 1. The molecule has 1 N–H and O–H groups in total. The van der Waals surface area contributed by atoms with Gasteiger partial charge < -0.3 is 5.32 Å². The molecule has 0 atom stereocenters. The number of alkyl halides is 3. The molecule has 26 heavy (non-hydrogen) atoms. The molecule has 1 aromatic heterocycles. The van der Waals surface area contributed by atoms with Gasteiger partial charge in [0.25, 0.3) is 5.91 Å². The second-order valence-corrected chi connectivity index (χ2v) is 5.89. The number of carbonyl (C=O) groups excluding carboxylic acids is 1. The number of nitrogens with one attached hydrogen (secondary N) is 1. The molecule has 0 radical (unpaired) electrons. The third-order valence-corrected chi connectivity index (χ3v) is 3.89. The average molecular weight is 359 g/mol. The highest BCUT2D eigenvalue weighted by Crippen LogP contribution is 2.29. The first-order valence-corrected chi connectivity index (χ1v) is 7.89. The molecule has 0 spiro atoms. The van der Waals surface area contributed by atoms with Crippen LogP contribution >= 0.6 is 0 Å². The van der Waals surface area contributed by atoms with E-state index in [0.717, 1.165) is 17.7 Å². The van der Waals surface area contributed by atoms with Crippen molar-refractivity contribution in [3.8, 4) is 0 Å². The zero-order chi connectivity index (χ0) is 18.7. The average Bonchev–Trinajstić information content (AvgIpc) is 3.02. The van der Waals surface area contributed by atoms with Crippen molar-refractivity contribution in [2.45, 2.75) is 19.6 Å². The summed E-state index contributed by atoms with van der Waals surface area (Å²) < 4.78 is 39.4. The van der Waals surface area contributed by atoms with Crippen molar-refractivity contribution in [1.29, 1.82) is 0 Å². The molecule has 4 nitrogen and oxygen atoms in total. The molecule has 0 saturated heterocycles. The molecule has 0 saturated carbocycles. The van der Waals surface area contributed by atoms with Gasteiger partial charge in [-0.1, -0.05) is 29.8 Å². The highest BCUT2D eigenvalue weighted by atomic mass is 19.4. The second kappa shape index (κ2) is 7.03. The minimum atomic E-state index is -4.36. The fourth-order valence-electron chi connectivity index (χ4n) is 2.43. The molecule has 3 aromatic rings. The van der Waals surface area contributed by atoms with E-state index >= 15 is 0 Å². The molecule has 0 unspecified atom stereocenters. The van der Waals surface area contributed by atoms with Crippen molar-refractivity contribution in [2.75, 3.05) is 5.32 Å². The molecule has 1 heterocycles. The van der Waals surface area contributed by atoms with Gasteiger partial charge in [0.05, 0.1) is 18.3 Å². The lowest BCUT2D eigenvalue weighted by Crippen LogP contribution is -2.16. The number of rotatable bonds is 4. The lowest BCUT2D eigenvalue weighted by atomic mass is 10.1. The van der Waals surface area contributed by atoms with Gasteiger partial charge in [0.1, 0.15) is 5.82 Å². The van der Waals surface area contributed by atoms with Crippen LogP contribution in [0.3, 0.4) is 0 Å². The summed E-state index contributed by atoms with van der Waals surface area (Å²) in [7, 11) is 0. The fraction of sp³-hybridized carbons (Fsp3) is 0.158. The largest absolute Gasteiger partial charge is 0.416 e. The number of hydrogen-bond donors (Lipinski definition) is 1. The van der Waals surface area contributed by atoms with E-state index in [1.54, 1.807) is 18.2 Å². The Morgan fingerprint density at radius 1 is 1.04 bits per heavy atom. The van der Waals surface area contributed by atoms with Gasteiger partial charge in [0.2, 0.25) is 0 Å². The second-order valence-electron chi connectivity index (χ2n) is 5.89. The van der Waals surface area contributed by atoms with Crippen LogP contribution in [0.4, 0.5) is 19.0 Å². The highest BCUT2D eigenvalue weighted by molar-refractivity contribution is 6.03. The topological polar surface area (TPSA) is 46.9 Å². The smallest absolute Gasteiger partial charge is 0.307 e. The van der Waals surface area contributed by atoms with E-state index in [9.17, 15) is 18.0 Å². The number of nitrogens with zero attached hydrogens (tertiary/aromatic N) is 2. The van der Waals surface area contributed by atoms with Crippen LogP contribution in [0.1, 0.15) is 27.0 Å². The van der Waals surface area contributed by atoms with Crippen molar-refractivity contribution >= 4 is 11.7 Å². The van der Waals surface area contributed by atoms with Crippen LogP contribution in [0, 0.1) is 6.92 Å². The van der Waals surface area contributed by atoms with Gasteiger partial charge in [-0.05, 0) is 36.8 Å². The van der Waals surface area contributed by atoms with Crippen LogP contribution in [-0.4, -0.2) is 15.7 Å². The standard InChI is InChI=1S/C19H16F3N3O/c1-13-2-6-15(7-3-13)18(26)24-17-10-11-23-25(17)12-14-4-8-16(9-5-14)19(20,21)22/h2-11H,12H2,1H3,(H,24,26). The van der Waals surface area contributed by atoms with Gasteiger partial charge >= 0.3 is 6.18 Å². The first-order chi connectivity index (χ1) is 12.3. The molecule has 3 rings (SSSR count). The number of benzene rings is 2. The molecule has 7 heteroatoms. The highest BCUT2D eigenvalue weighted by Gasteiger charge is 2.29. The number of aromatic nitrogens is 2. The van der Waals surface area contributed by atoms with Gasteiger partial charge in [-0.15, -0.1) is 0 Å². The van der Waals surface area contributed by atoms with Gasteiger partial charge in [0, 0.05) is 11.6 Å². The molecule has 0 aliphatic carbocycles. The van der Waals surface area contributed by atoms with Crippen LogP contribution < -0.4 is 5.32 Å². The van der Waals surface area contributed by atoms with E-state index in [0.29, 0.717) is 16.9 Å². The molecule has 0 aliphatic rings. The number of amides is 1. The Balaban J connectivity index is 1.72. The van der Waals surface area contributed by atoms with Crippen molar-refractivity contribution in [1.82, 2.24) is 9.78 Å². The summed E-state index contributed by atoms with van der Waals surface area (Å²) in [6, 6.07) is 13.6. The predicted molar refractivity (Wildman–Crippen MR) is 91.9 cm³/mol. The lowest BCUT2D eigenvalue weighted by molar-refractivity contribution is -0.137. The third kappa shape index (κ3) is 4.11. The van der Waals surface area contributed by atoms with Crippen molar-refractivity contribution in [3.63, 3.8) is 0 Å². The molecule has 1 amide bonds. The first-order valence-electron chi connectivity index (χ1n) is 7.89. The Kier molecular flexibility index (Phi) is 4.79. The van der Waals surface area contributed by atoms with E-state index < -0.39 is 11.7 Å². The van der Waals surface area contributed by atoms with E-state index in [2.05, 4.69) is 10.4 Å². The van der Waals surface area contributed by atoms with Gasteiger partial charge in [-0.3, -0.25) is 4.79 Å². The normalized spacial score (nSPS) is 11.4. The van der Waals surface area contributed by atoms with E-state index in [-0.39, 0.29) is 12.5 Å². The van der Waals surface area contributed by atoms with Crippen LogP contribution in [0.2, 0.25) is 0 Å². The van der Waals surface area contributed by atoms with Crippen LogP contribution in [0.15, 0.2) is 60.8 Å². The maximum Gasteiger partial charge on any atom is 0.416 e. The number of aryl methyl sites for hydroxylation is 1. The van der Waals surface area contributed by atoms with Crippen LogP contribution in [0.5, 0.6) is 0 Å². The first kappa shape index (κ1) is 17.7. The monoisotopic (exact) mass is 359 g/mol. The Bertz CT molecular complexity index is 897. The zero-order valence-corrected chi connectivity index (χ0v) is 13.9. The van der Waals surface area contributed by atoms with E-state index in [1.807, 2.05) is 19.1 Å². The van der Waals surface area contributed by atoms with Crippen LogP contribution in [0.25, 0.3) is 0 Å². The van der Waals surface area contributed by atoms with Crippen molar-refractivity contribution < 1.29 is 18.0 Å². The fourth-order valence-corrected chi connectivity index (χ4v) is 2.43. The van der Waals surface area contributed by atoms with Gasteiger partial charge in [0.15, 0.2) is 0 Å². The third-order valence-electron chi connectivity index (χ3n) is 3.89. The molecule has 0 bridgehead atoms. The molecule has 2 aromatic carbocycles. The SMILES string of the molecule is Cc1ccc(C(=O)Nc2ccnn2Cc2ccc(C(F)(F)F)cc2)cc1. The van der Waals surface area contributed by atoms with Gasteiger partial charge in [-0.2, -0.15) is 18.3 Å². The summed E-state index contributed by atoms with van der Waals surface area (Å²) in [6.45, 7) is 2.18. The molecule has 0 aliphatic heterocycles. The van der Waals surface area contributed by atoms with E-state index in [4.69, 9.17) is 0 Å². The molecule has 0 fully saturated rings. The van der Waals surface area contributed by atoms with Crippen molar-refractivity contribution in [2.24, 2.45) is 0 Å². The molecule has 134 valence electrons. The maximum atomic E-state index is 12.6. The minimum absolute atomic E-state index is 0.245. The Labute approximate surface area is 148 Å². The van der Waals surface area contributed by atoms with E-state index in [1.165, 1.54) is 23.0 Å². The number of halogens is 3. The summed E-state index contributed by atoms with van der Waals surface area (Å²) in [5, 5.41) is 6.89. The Morgan fingerprint density at radius 2 is 1.69 bits per heavy atom. The predicted octanol–water partition coefficient (Wildman–Crippen LogP) is 4.51. The molecular weight excluding hydrogens is 343 g/mol. The quantitative estimate of drug-likeness (QED) is 0.745. The number of anilines is 1. The molecular formula is C19H16F3N3O. The Morgan fingerprint density at radius 3 is 2.31 bits per heavy atom. The van der Waals surface area contributed by atoms with Crippen molar-refractivity contribution in [3.05, 3.63) is 83.0 Å². The zero-order valence-electron chi connectivity index (χ0n) is 13.9. The summed E-state index contributed by atoms with van der Waals surface area (Å²) >= 11 is 0. The lowest BCUT2D eigenvalue weighted by Gasteiger charge is -2.11. The minimum Gasteiger partial charge on any atom is -0.307 e. The summed E-state index contributed by atoms with van der Waals surface area (Å²) in [4.78, 5) is 12.3. The summed E-state index contributed by atoms with van der Waals surface area (Å²) in [5.41, 5.74) is 1.51. The number of hydrogen-bond acceptors (Lipinski definition) is 2. The maximum absolute atomic E-state index is 12.6. The van der Waals surface area contributed by atoms with Gasteiger partial charge in [-0.25, -0.2) is 4.68 Å².